The van der Waals surface area contributed by atoms with E-state index in [-0.39, 0.29) is 5.56 Å². The number of amides is 2. The molecule has 0 aliphatic carbocycles. The zero-order valence-electron chi connectivity index (χ0n) is 16.4. The highest BCUT2D eigenvalue weighted by Crippen LogP contribution is 2.28. The van der Waals surface area contributed by atoms with Crippen LogP contribution in [0.4, 0.5) is 4.39 Å². The number of hydrazine groups is 1. The summed E-state index contributed by atoms with van der Waals surface area (Å²) in [6, 6.07) is 15.5. The molecule has 1 saturated heterocycles. The van der Waals surface area contributed by atoms with Gasteiger partial charge in [0, 0.05) is 21.2 Å². The van der Waals surface area contributed by atoms with Crippen molar-refractivity contribution in [2.24, 2.45) is 0 Å². The predicted octanol–water partition coefficient (Wildman–Crippen LogP) is 4.80. The Morgan fingerprint density at radius 3 is 2.28 bits per heavy atom. The highest BCUT2D eigenvalue weighted by atomic mass is 35.5. The van der Waals surface area contributed by atoms with Crippen LogP contribution >= 0.6 is 34.8 Å². The van der Waals surface area contributed by atoms with Gasteiger partial charge in [-0.2, -0.15) is 0 Å². The zero-order valence-corrected chi connectivity index (χ0v) is 18.6. The molecule has 3 aromatic rings. The molecule has 1 aliphatic rings. The Bertz CT molecular complexity index is 1210. The lowest BCUT2D eigenvalue weighted by Crippen LogP contribution is -2.42. The average molecular weight is 492 g/mol. The number of hydrazone groups is 1. The topological polar surface area (TPSA) is 61.2 Å². The first-order valence-corrected chi connectivity index (χ1v) is 10.7. The highest BCUT2D eigenvalue weighted by Gasteiger charge is 2.47. The summed E-state index contributed by atoms with van der Waals surface area (Å²) < 4.78 is 14.8. The standard InChI is InChI=1S/C23H15Cl3FN3O2/c24-16-6-1-13(2-7-16)21-20(28-22(31)14-4-9-18(27)10-5-14)23(32)29-30(21)12-15-3-8-17(25)11-19(15)26/h1-12,20-21H,(H-,28,29,31,32)/p+1/b30-12-/t20-,21-/m1/s1. The van der Waals surface area contributed by atoms with Gasteiger partial charge in [0.15, 0.2) is 6.04 Å². The number of benzene rings is 3. The van der Waals surface area contributed by atoms with Crippen LogP contribution in [0.25, 0.3) is 0 Å². The maximum Gasteiger partial charge on any atom is 0.304 e. The molecule has 1 fully saturated rings. The number of carbonyl (C=O) groups excluding carboxylic acids is 2. The molecule has 3 aromatic carbocycles. The molecule has 2 N–H and O–H groups in total. The normalized spacial score (nSPS) is 19.1. The number of nitrogens with one attached hydrogen (secondary N) is 2. The maximum absolute atomic E-state index is 13.2. The van der Waals surface area contributed by atoms with Gasteiger partial charge in [0.1, 0.15) is 5.82 Å². The number of hydrogen-bond acceptors (Lipinski definition) is 2. The van der Waals surface area contributed by atoms with E-state index >= 15 is 0 Å². The van der Waals surface area contributed by atoms with Crippen molar-refractivity contribution in [1.29, 1.82) is 0 Å². The number of nitrogens with zero attached hydrogens (tertiary/aromatic N) is 1. The van der Waals surface area contributed by atoms with E-state index in [1.807, 2.05) is 0 Å². The van der Waals surface area contributed by atoms with E-state index in [2.05, 4.69) is 10.7 Å². The quantitative estimate of drug-likeness (QED) is 0.515. The van der Waals surface area contributed by atoms with E-state index in [0.29, 0.717) is 20.6 Å². The molecule has 5 nitrogen and oxygen atoms in total. The molecule has 0 spiro atoms. The third kappa shape index (κ3) is 4.78. The summed E-state index contributed by atoms with van der Waals surface area (Å²) in [5.74, 6) is -1.38. The Morgan fingerprint density at radius 2 is 1.62 bits per heavy atom. The van der Waals surface area contributed by atoms with Crippen LogP contribution < -0.4 is 10.7 Å². The van der Waals surface area contributed by atoms with Crippen molar-refractivity contribution in [3.8, 4) is 0 Å². The molecule has 2 amide bonds. The van der Waals surface area contributed by atoms with Crippen LogP contribution in [-0.2, 0) is 4.79 Å². The maximum atomic E-state index is 13.2. The monoisotopic (exact) mass is 490 g/mol. The minimum atomic E-state index is -0.934. The van der Waals surface area contributed by atoms with E-state index in [4.69, 9.17) is 34.8 Å². The summed E-state index contributed by atoms with van der Waals surface area (Å²) in [7, 11) is 0. The van der Waals surface area contributed by atoms with Crippen molar-refractivity contribution in [2.45, 2.75) is 12.1 Å². The summed E-state index contributed by atoms with van der Waals surface area (Å²) in [4.78, 5) is 25.6. The molecule has 32 heavy (non-hydrogen) atoms. The van der Waals surface area contributed by atoms with Crippen molar-refractivity contribution in [1.82, 2.24) is 10.7 Å². The van der Waals surface area contributed by atoms with Crippen LogP contribution in [-0.4, -0.2) is 28.8 Å². The molecule has 0 saturated carbocycles. The summed E-state index contributed by atoms with van der Waals surface area (Å²) in [6.45, 7) is 0. The number of hydrogen-bond donors (Lipinski definition) is 2. The molecular formula is C23H16Cl3FN3O2+. The van der Waals surface area contributed by atoms with E-state index in [1.165, 1.54) is 24.3 Å². The second-order valence-corrected chi connectivity index (χ2v) is 8.41. The van der Waals surface area contributed by atoms with Crippen molar-refractivity contribution >= 4 is 52.8 Å². The lowest BCUT2D eigenvalue weighted by molar-refractivity contribution is -0.596. The van der Waals surface area contributed by atoms with E-state index in [0.717, 1.165) is 5.56 Å². The van der Waals surface area contributed by atoms with Crippen LogP contribution in [0.2, 0.25) is 15.1 Å². The highest BCUT2D eigenvalue weighted by molar-refractivity contribution is 6.36. The van der Waals surface area contributed by atoms with Gasteiger partial charge in [-0.05, 0) is 54.6 Å². The smallest absolute Gasteiger partial charge is 0.304 e. The Hall–Kier alpha value is -2.93. The van der Waals surface area contributed by atoms with Gasteiger partial charge in [-0.25, -0.2) is 4.39 Å². The van der Waals surface area contributed by atoms with Gasteiger partial charge in [0.25, 0.3) is 5.91 Å². The fraction of sp³-hybridized carbons (Fsp3) is 0.0870. The Labute approximate surface area is 198 Å². The molecule has 0 bridgehead atoms. The summed E-state index contributed by atoms with van der Waals surface area (Å²) in [6.07, 6.45) is 1.67. The zero-order chi connectivity index (χ0) is 22.8. The van der Waals surface area contributed by atoms with Crippen molar-refractivity contribution in [3.63, 3.8) is 0 Å². The second-order valence-electron chi connectivity index (χ2n) is 7.13. The Kier molecular flexibility index (Phi) is 6.46. The van der Waals surface area contributed by atoms with Crippen molar-refractivity contribution < 1.29 is 18.7 Å². The minimum Gasteiger partial charge on any atom is -0.334 e. The first-order valence-electron chi connectivity index (χ1n) is 9.52. The number of rotatable bonds is 4. The third-order valence-electron chi connectivity index (χ3n) is 4.98. The first-order chi connectivity index (χ1) is 15.3. The van der Waals surface area contributed by atoms with Crippen LogP contribution in [0.15, 0.2) is 66.7 Å². The largest absolute Gasteiger partial charge is 0.334 e. The SMILES string of the molecule is O=C(N[C@H]1C(=O)N/[N+](=C\c2ccc(Cl)cc2Cl)[C@@H]1c1ccc(Cl)cc1)c1ccc(F)cc1. The third-order valence-corrected chi connectivity index (χ3v) is 5.80. The van der Waals surface area contributed by atoms with Gasteiger partial charge in [-0.1, -0.05) is 46.9 Å². The summed E-state index contributed by atoms with van der Waals surface area (Å²) in [5, 5.41) is 4.17. The van der Waals surface area contributed by atoms with E-state index in [9.17, 15) is 14.0 Å². The van der Waals surface area contributed by atoms with Gasteiger partial charge in [0.2, 0.25) is 12.3 Å². The fourth-order valence-electron chi connectivity index (χ4n) is 3.42. The molecule has 1 aliphatic heterocycles. The van der Waals surface area contributed by atoms with Gasteiger partial charge in [0.05, 0.1) is 10.6 Å². The predicted molar refractivity (Wildman–Crippen MR) is 122 cm³/mol. The molecule has 0 radical (unpaired) electrons. The van der Waals surface area contributed by atoms with E-state index in [1.54, 1.807) is 53.4 Å². The molecule has 9 heteroatoms. The van der Waals surface area contributed by atoms with Gasteiger partial charge < -0.3 is 5.32 Å². The summed E-state index contributed by atoms with van der Waals surface area (Å²) in [5.41, 5.74) is 4.36. The van der Waals surface area contributed by atoms with Crippen molar-refractivity contribution in [3.05, 3.63) is 104 Å². The van der Waals surface area contributed by atoms with Gasteiger partial charge in [-0.3, -0.25) is 9.59 Å². The van der Waals surface area contributed by atoms with Gasteiger partial charge >= 0.3 is 5.91 Å². The molecule has 4 rings (SSSR count). The fourth-order valence-corrected chi connectivity index (χ4v) is 4.01. The minimum absolute atomic E-state index is 0.234. The van der Waals surface area contributed by atoms with Crippen LogP contribution in [0.3, 0.4) is 0 Å². The van der Waals surface area contributed by atoms with Gasteiger partial charge in [-0.15, -0.1) is 10.1 Å². The van der Waals surface area contributed by atoms with Crippen LogP contribution in [0, 0.1) is 5.82 Å². The van der Waals surface area contributed by atoms with Crippen LogP contribution in [0.5, 0.6) is 0 Å². The first kappa shape index (κ1) is 22.3. The molecular weight excluding hydrogens is 476 g/mol. The Balaban J connectivity index is 1.72. The molecule has 0 unspecified atom stereocenters. The lowest BCUT2D eigenvalue weighted by Gasteiger charge is -2.15. The van der Waals surface area contributed by atoms with Crippen molar-refractivity contribution in [2.75, 3.05) is 0 Å². The molecule has 162 valence electrons. The summed E-state index contributed by atoms with van der Waals surface area (Å²) >= 11 is 18.3. The van der Waals surface area contributed by atoms with E-state index < -0.39 is 29.7 Å². The number of carbonyl (C=O) groups is 2. The lowest BCUT2D eigenvalue weighted by atomic mass is 9.99. The number of halogens is 4. The molecule has 0 aromatic heterocycles. The Morgan fingerprint density at radius 1 is 0.969 bits per heavy atom. The molecule has 2 atom stereocenters. The second kappa shape index (κ2) is 9.28. The average Bonchev–Trinajstić information content (AvgIpc) is 3.06. The van der Waals surface area contributed by atoms with Crippen LogP contribution in [0.1, 0.15) is 27.5 Å². The molecule has 1 heterocycles.